The van der Waals surface area contributed by atoms with Crippen LogP contribution < -0.4 is 4.74 Å². The normalized spacial score (nSPS) is 10.4. The highest BCUT2D eigenvalue weighted by atomic mass is 16.5. The number of phenols is 1. The van der Waals surface area contributed by atoms with Crippen LogP contribution in [0.1, 0.15) is 0 Å². The van der Waals surface area contributed by atoms with Gasteiger partial charge in [-0.1, -0.05) is 30.3 Å². The highest BCUT2D eigenvalue weighted by Gasteiger charge is 2.03. The largest absolute Gasteiger partial charge is 0.508 e. The molecule has 0 unspecified atom stereocenters. The lowest BCUT2D eigenvalue weighted by Gasteiger charge is -2.09. The van der Waals surface area contributed by atoms with E-state index in [1.54, 1.807) is 12.1 Å². The molecule has 0 saturated carbocycles. The molecule has 0 heterocycles. The van der Waals surface area contributed by atoms with Crippen LogP contribution >= 0.6 is 0 Å². The van der Waals surface area contributed by atoms with Crippen molar-refractivity contribution >= 4 is 0 Å². The fourth-order valence-corrected chi connectivity index (χ4v) is 1.85. The van der Waals surface area contributed by atoms with Gasteiger partial charge >= 0.3 is 0 Å². The summed E-state index contributed by atoms with van der Waals surface area (Å²) >= 11 is 0. The fourth-order valence-electron chi connectivity index (χ4n) is 1.85. The lowest BCUT2D eigenvalue weighted by atomic mass is 10.1. The monoisotopic (exact) mass is 274 g/mol. The summed E-state index contributed by atoms with van der Waals surface area (Å²) in [5.74, 6) is 0.758. The molecule has 0 radical (unpaired) electrons. The van der Waals surface area contributed by atoms with Crippen molar-refractivity contribution in [1.82, 2.24) is 0 Å². The summed E-state index contributed by atoms with van der Waals surface area (Å²) in [6, 6.07) is 14.9. The molecule has 2 aromatic carbocycles. The summed E-state index contributed by atoms with van der Waals surface area (Å²) in [7, 11) is 0. The molecule has 4 heteroatoms. The third-order valence-electron chi connectivity index (χ3n) is 2.73. The molecule has 106 valence electrons. The molecule has 4 nitrogen and oxygen atoms in total. The molecule has 0 fully saturated rings. The van der Waals surface area contributed by atoms with Gasteiger partial charge in [0.2, 0.25) is 0 Å². The number of aromatic hydroxyl groups is 1. The summed E-state index contributed by atoms with van der Waals surface area (Å²) in [5.41, 5.74) is 1.92. The number of ether oxygens (including phenoxy) is 2. The standard InChI is InChI=1S/C16H18O4/c17-6-7-19-8-9-20-16-11-14(10-15(18)12-16)13-4-2-1-3-5-13/h1-5,10-12,17-18H,6-9H2. The number of benzene rings is 2. The Morgan fingerprint density at radius 1 is 0.850 bits per heavy atom. The van der Waals surface area contributed by atoms with Gasteiger partial charge in [-0.15, -0.1) is 0 Å². The van der Waals surface area contributed by atoms with Gasteiger partial charge in [0.15, 0.2) is 0 Å². The van der Waals surface area contributed by atoms with E-state index in [9.17, 15) is 5.11 Å². The Balaban J connectivity index is 2.02. The predicted octanol–water partition coefficient (Wildman–Crippen LogP) is 2.45. The van der Waals surface area contributed by atoms with Crippen LogP contribution in [0.5, 0.6) is 11.5 Å². The maximum Gasteiger partial charge on any atom is 0.123 e. The summed E-state index contributed by atoms with van der Waals surface area (Å²) < 4.78 is 10.6. The molecule has 0 amide bonds. The Morgan fingerprint density at radius 3 is 2.40 bits per heavy atom. The number of phenolic OH excluding ortho intramolecular Hbond substituents is 1. The maximum absolute atomic E-state index is 9.75. The first-order chi connectivity index (χ1) is 9.79. The predicted molar refractivity (Wildman–Crippen MR) is 76.9 cm³/mol. The van der Waals surface area contributed by atoms with E-state index in [4.69, 9.17) is 14.6 Å². The summed E-state index contributed by atoms with van der Waals surface area (Å²) in [4.78, 5) is 0. The van der Waals surface area contributed by atoms with Gasteiger partial charge in [0.1, 0.15) is 18.1 Å². The zero-order valence-corrected chi connectivity index (χ0v) is 11.2. The second kappa shape index (κ2) is 7.53. The van der Waals surface area contributed by atoms with Gasteiger partial charge in [-0.05, 0) is 23.3 Å². The molecule has 20 heavy (non-hydrogen) atoms. The van der Waals surface area contributed by atoms with Crippen LogP contribution in [0.15, 0.2) is 48.5 Å². The minimum Gasteiger partial charge on any atom is -0.508 e. The second-order valence-electron chi connectivity index (χ2n) is 4.27. The first kappa shape index (κ1) is 14.4. The maximum atomic E-state index is 9.75. The second-order valence-corrected chi connectivity index (χ2v) is 4.27. The molecule has 0 spiro atoms. The van der Waals surface area contributed by atoms with Gasteiger partial charge in [-0.25, -0.2) is 0 Å². The molecular formula is C16H18O4. The lowest BCUT2D eigenvalue weighted by Crippen LogP contribution is -2.09. The van der Waals surface area contributed by atoms with Crippen molar-refractivity contribution in [2.75, 3.05) is 26.4 Å². The SMILES string of the molecule is OCCOCCOc1cc(O)cc(-c2ccccc2)c1. The highest BCUT2D eigenvalue weighted by Crippen LogP contribution is 2.29. The number of aliphatic hydroxyl groups is 1. The minimum atomic E-state index is 0.00425. The first-order valence-corrected chi connectivity index (χ1v) is 6.50. The molecule has 0 aromatic heterocycles. The third kappa shape index (κ3) is 4.26. The van der Waals surface area contributed by atoms with Crippen LogP contribution in [-0.4, -0.2) is 36.6 Å². The van der Waals surface area contributed by atoms with Crippen LogP contribution in [0, 0.1) is 0 Å². The molecule has 0 aliphatic heterocycles. The molecule has 0 atom stereocenters. The smallest absolute Gasteiger partial charge is 0.123 e. The molecule has 2 rings (SSSR count). The van der Waals surface area contributed by atoms with Gasteiger partial charge in [-0.2, -0.15) is 0 Å². The Bertz CT molecular complexity index is 525. The highest BCUT2D eigenvalue weighted by molar-refractivity contribution is 5.66. The zero-order chi connectivity index (χ0) is 14.2. The molecule has 0 bridgehead atoms. The van der Waals surface area contributed by atoms with E-state index in [0.29, 0.717) is 25.6 Å². The van der Waals surface area contributed by atoms with E-state index >= 15 is 0 Å². The minimum absolute atomic E-state index is 0.00425. The summed E-state index contributed by atoms with van der Waals surface area (Å²) in [6.45, 7) is 1.08. The molecule has 0 aliphatic carbocycles. The van der Waals surface area contributed by atoms with Crippen molar-refractivity contribution in [2.24, 2.45) is 0 Å². The van der Waals surface area contributed by atoms with Gasteiger partial charge in [0.25, 0.3) is 0 Å². The van der Waals surface area contributed by atoms with Crippen molar-refractivity contribution in [2.45, 2.75) is 0 Å². The Morgan fingerprint density at radius 2 is 1.65 bits per heavy atom. The molecule has 2 N–H and O–H groups in total. The Hall–Kier alpha value is -2.04. The number of hydrogen-bond acceptors (Lipinski definition) is 4. The van der Waals surface area contributed by atoms with Crippen molar-refractivity contribution in [3.63, 3.8) is 0 Å². The van der Waals surface area contributed by atoms with Crippen molar-refractivity contribution < 1.29 is 19.7 Å². The van der Waals surface area contributed by atoms with Crippen LogP contribution in [0.3, 0.4) is 0 Å². The third-order valence-corrected chi connectivity index (χ3v) is 2.73. The van der Waals surface area contributed by atoms with E-state index < -0.39 is 0 Å². The van der Waals surface area contributed by atoms with E-state index in [0.717, 1.165) is 11.1 Å². The van der Waals surface area contributed by atoms with E-state index in [2.05, 4.69) is 0 Å². The number of aliphatic hydroxyl groups excluding tert-OH is 1. The average Bonchev–Trinajstić information content (AvgIpc) is 2.47. The topological polar surface area (TPSA) is 58.9 Å². The molecule has 0 aliphatic rings. The zero-order valence-electron chi connectivity index (χ0n) is 11.2. The van der Waals surface area contributed by atoms with Gasteiger partial charge in [0.05, 0.1) is 19.8 Å². The Labute approximate surface area is 118 Å². The Kier molecular flexibility index (Phi) is 5.41. The van der Waals surface area contributed by atoms with E-state index in [-0.39, 0.29) is 12.4 Å². The van der Waals surface area contributed by atoms with Crippen LogP contribution in [0.25, 0.3) is 11.1 Å². The molecular weight excluding hydrogens is 256 g/mol. The van der Waals surface area contributed by atoms with Crippen LogP contribution in [-0.2, 0) is 4.74 Å². The van der Waals surface area contributed by atoms with Crippen molar-refractivity contribution in [1.29, 1.82) is 0 Å². The van der Waals surface area contributed by atoms with Crippen LogP contribution in [0.2, 0.25) is 0 Å². The van der Waals surface area contributed by atoms with Gasteiger partial charge in [-0.3, -0.25) is 0 Å². The number of rotatable bonds is 7. The molecule has 0 saturated heterocycles. The summed E-state index contributed by atoms with van der Waals surface area (Å²) in [6.07, 6.45) is 0. The van der Waals surface area contributed by atoms with Gasteiger partial charge in [0, 0.05) is 6.07 Å². The summed E-state index contributed by atoms with van der Waals surface area (Å²) in [5, 5.41) is 18.3. The van der Waals surface area contributed by atoms with Crippen molar-refractivity contribution in [3.05, 3.63) is 48.5 Å². The van der Waals surface area contributed by atoms with E-state index in [1.165, 1.54) is 0 Å². The average molecular weight is 274 g/mol. The van der Waals surface area contributed by atoms with Gasteiger partial charge < -0.3 is 19.7 Å². The van der Waals surface area contributed by atoms with Crippen molar-refractivity contribution in [3.8, 4) is 22.6 Å². The first-order valence-electron chi connectivity index (χ1n) is 6.50. The number of hydrogen-bond donors (Lipinski definition) is 2. The molecule has 2 aromatic rings. The van der Waals surface area contributed by atoms with Crippen LogP contribution in [0.4, 0.5) is 0 Å². The van der Waals surface area contributed by atoms with E-state index in [1.807, 2.05) is 36.4 Å². The quantitative estimate of drug-likeness (QED) is 0.761. The fraction of sp³-hybridized carbons (Fsp3) is 0.250. The lowest BCUT2D eigenvalue weighted by molar-refractivity contribution is 0.0705.